The molecule has 1 aliphatic rings. The van der Waals surface area contributed by atoms with E-state index in [1.807, 2.05) is 0 Å². The standard InChI is InChI=1S/C41H78N4O8.ClH/c1-32(2)13-7-14-33(3)15-8-16-34(4)17-9-18-35(5)31-38(46)45-24-10-19-37(45)41(49)44-36(20-21-39(47)50-6)40(48)43-23-12-26-52-28-30-53-29-27-51-25-11-22-42;/h32-37H,7-31,42H2,1-6H3,(H,43,48)(H,44,49);1H. The molecule has 0 aromatic heterocycles. The molecule has 4 N–H and O–H groups in total. The monoisotopic (exact) mass is 791 g/mol. The van der Waals surface area contributed by atoms with Crippen LogP contribution < -0.4 is 16.4 Å². The molecule has 1 saturated heterocycles. The van der Waals surface area contributed by atoms with Gasteiger partial charge in [-0.1, -0.05) is 92.4 Å². The molecule has 5 unspecified atom stereocenters. The summed E-state index contributed by atoms with van der Waals surface area (Å²) in [4.78, 5) is 53.5. The highest BCUT2D eigenvalue weighted by atomic mass is 35.5. The van der Waals surface area contributed by atoms with Crippen LogP contribution >= 0.6 is 12.4 Å². The summed E-state index contributed by atoms with van der Waals surface area (Å²) in [6.07, 6.45) is 14.3. The predicted octanol–water partition coefficient (Wildman–Crippen LogP) is 6.21. The fraction of sp³-hybridized carbons (Fsp3) is 0.902. The number of hydrogen-bond donors (Lipinski definition) is 3. The highest BCUT2D eigenvalue weighted by molar-refractivity contribution is 5.92. The molecule has 0 aliphatic carbocycles. The summed E-state index contributed by atoms with van der Waals surface area (Å²) in [7, 11) is 1.29. The molecule has 318 valence electrons. The summed E-state index contributed by atoms with van der Waals surface area (Å²) in [6, 6.07) is -1.54. The number of esters is 1. The first-order valence-corrected chi connectivity index (χ1v) is 20.9. The Bertz CT molecular complexity index is 991. The van der Waals surface area contributed by atoms with E-state index in [-0.39, 0.29) is 48.9 Å². The number of nitrogens with two attached hydrogens (primary N) is 1. The quantitative estimate of drug-likeness (QED) is 0.0520. The van der Waals surface area contributed by atoms with Crippen molar-refractivity contribution in [3.05, 3.63) is 0 Å². The van der Waals surface area contributed by atoms with Crippen molar-refractivity contribution < 1.29 is 38.1 Å². The van der Waals surface area contributed by atoms with Crippen LogP contribution in [0, 0.1) is 23.7 Å². The van der Waals surface area contributed by atoms with Gasteiger partial charge in [-0.3, -0.25) is 19.2 Å². The average molecular weight is 792 g/mol. The van der Waals surface area contributed by atoms with Crippen molar-refractivity contribution in [3.8, 4) is 0 Å². The van der Waals surface area contributed by atoms with E-state index in [0.29, 0.717) is 84.5 Å². The summed E-state index contributed by atoms with van der Waals surface area (Å²) in [5.41, 5.74) is 5.43. The van der Waals surface area contributed by atoms with Crippen LogP contribution in [0.1, 0.15) is 137 Å². The Labute approximate surface area is 334 Å². The minimum absolute atomic E-state index is 0. The summed E-state index contributed by atoms with van der Waals surface area (Å²) in [6.45, 7) is 15.9. The van der Waals surface area contributed by atoms with E-state index in [0.717, 1.165) is 37.5 Å². The maximum absolute atomic E-state index is 13.5. The molecule has 12 nitrogen and oxygen atoms in total. The topological polar surface area (TPSA) is 159 Å². The Balaban J connectivity index is 0.0000281. The van der Waals surface area contributed by atoms with Gasteiger partial charge in [-0.25, -0.2) is 0 Å². The first kappa shape index (κ1) is 52.0. The van der Waals surface area contributed by atoms with Crippen LogP contribution in [0.2, 0.25) is 0 Å². The van der Waals surface area contributed by atoms with E-state index < -0.39 is 18.1 Å². The number of hydrogen-bond acceptors (Lipinski definition) is 9. The number of carbonyl (C=O) groups excluding carboxylic acids is 4. The SMILES string of the molecule is COC(=O)CCC(NC(=O)C1CCCN1C(=O)CC(C)CCCC(C)CCCC(C)CCCC(C)C)C(=O)NCCCOCCOCCOCCCN.Cl. The summed E-state index contributed by atoms with van der Waals surface area (Å²) in [5.74, 6) is 1.33. The van der Waals surface area contributed by atoms with Crippen molar-refractivity contribution in [2.45, 2.75) is 149 Å². The maximum Gasteiger partial charge on any atom is 0.305 e. The van der Waals surface area contributed by atoms with Crippen molar-refractivity contribution in [1.82, 2.24) is 15.5 Å². The molecule has 1 aliphatic heterocycles. The van der Waals surface area contributed by atoms with Gasteiger partial charge in [-0.05, 0) is 62.3 Å². The van der Waals surface area contributed by atoms with Gasteiger partial charge in [0.2, 0.25) is 17.7 Å². The Morgan fingerprint density at radius 1 is 0.722 bits per heavy atom. The molecule has 1 fully saturated rings. The number of ether oxygens (including phenoxy) is 4. The lowest BCUT2D eigenvalue weighted by Gasteiger charge is -2.27. The highest BCUT2D eigenvalue weighted by Crippen LogP contribution is 2.25. The molecule has 54 heavy (non-hydrogen) atoms. The number of likely N-dealkylation sites (tertiary alicyclic amines) is 1. The largest absolute Gasteiger partial charge is 0.469 e. The molecule has 13 heteroatoms. The summed E-state index contributed by atoms with van der Waals surface area (Å²) < 4.78 is 21.2. The van der Waals surface area contributed by atoms with Crippen LogP contribution in [0.15, 0.2) is 0 Å². The van der Waals surface area contributed by atoms with Crippen molar-refractivity contribution >= 4 is 36.1 Å². The minimum atomic E-state index is -0.922. The van der Waals surface area contributed by atoms with Crippen LogP contribution in [0.5, 0.6) is 0 Å². The van der Waals surface area contributed by atoms with Crippen LogP contribution in [-0.4, -0.2) is 107 Å². The van der Waals surface area contributed by atoms with Crippen LogP contribution in [0.25, 0.3) is 0 Å². The molecule has 0 bridgehead atoms. The third-order valence-electron chi connectivity index (χ3n) is 10.2. The van der Waals surface area contributed by atoms with Crippen LogP contribution in [0.3, 0.4) is 0 Å². The van der Waals surface area contributed by atoms with Crippen LogP contribution in [0.4, 0.5) is 0 Å². The average Bonchev–Trinajstić information content (AvgIpc) is 3.62. The smallest absolute Gasteiger partial charge is 0.305 e. The van der Waals surface area contributed by atoms with Gasteiger partial charge in [0.15, 0.2) is 0 Å². The number of methoxy groups -OCH3 is 1. The lowest BCUT2D eigenvalue weighted by atomic mass is 9.90. The molecule has 5 atom stereocenters. The Hall–Kier alpha value is -1.99. The molecule has 0 radical (unpaired) electrons. The highest BCUT2D eigenvalue weighted by Gasteiger charge is 2.36. The van der Waals surface area contributed by atoms with Gasteiger partial charge >= 0.3 is 5.97 Å². The minimum Gasteiger partial charge on any atom is -0.469 e. The van der Waals surface area contributed by atoms with Gasteiger partial charge in [0.25, 0.3) is 0 Å². The number of rotatable bonds is 33. The molecule has 1 heterocycles. The van der Waals surface area contributed by atoms with E-state index in [1.165, 1.54) is 52.1 Å². The first-order chi connectivity index (χ1) is 25.5. The van der Waals surface area contributed by atoms with E-state index in [9.17, 15) is 19.2 Å². The zero-order chi connectivity index (χ0) is 39.3. The molecule has 3 amide bonds. The third kappa shape index (κ3) is 26.0. The molecule has 0 saturated carbocycles. The number of amides is 3. The third-order valence-corrected chi connectivity index (χ3v) is 10.2. The number of nitrogens with zero attached hydrogens (tertiary/aromatic N) is 1. The maximum atomic E-state index is 13.5. The molecular formula is C41H79ClN4O8. The Morgan fingerprint density at radius 3 is 1.81 bits per heavy atom. The molecule has 0 aromatic rings. The number of halogens is 1. The number of carbonyl (C=O) groups is 4. The summed E-state index contributed by atoms with van der Waals surface area (Å²) >= 11 is 0. The molecule has 1 rings (SSSR count). The zero-order valence-corrected chi connectivity index (χ0v) is 35.7. The zero-order valence-electron chi connectivity index (χ0n) is 34.8. The summed E-state index contributed by atoms with van der Waals surface area (Å²) in [5, 5.41) is 5.69. The predicted molar refractivity (Wildman–Crippen MR) is 217 cm³/mol. The van der Waals surface area contributed by atoms with E-state index in [4.69, 9.17) is 24.7 Å². The molecule has 0 spiro atoms. The van der Waals surface area contributed by atoms with Gasteiger partial charge in [-0.15, -0.1) is 12.4 Å². The Morgan fingerprint density at radius 2 is 1.26 bits per heavy atom. The normalized spacial score (nSPS) is 16.4. The van der Waals surface area contributed by atoms with E-state index in [1.54, 1.807) is 4.90 Å². The fourth-order valence-corrected chi connectivity index (χ4v) is 6.79. The lowest BCUT2D eigenvalue weighted by molar-refractivity contribution is -0.141. The van der Waals surface area contributed by atoms with Gasteiger partial charge in [0.1, 0.15) is 12.1 Å². The van der Waals surface area contributed by atoms with Gasteiger partial charge in [0.05, 0.1) is 33.5 Å². The second-order valence-electron chi connectivity index (χ2n) is 15.8. The van der Waals surface area contributed by atoms with Crippen molar-refractivity contribution in [2.75, 3.05) is 66.4 Å². The second-order valence-corrected chi connectivity index (χ2v) is 15.8. The van der Waals surface area contributed by atoms with E-state index >= 15 is 0 Å². The van der Waals surface area contributed by atoms with E-state index in [2.05, 4.69) is 45.3 Å². The van der Waals surface area contributed by atoms with Gasteiger partial charge in [-0.2, -0.15) is 0 Å². The van der Waals surface area contributed by atoms with Crippen molar-refractivity contribution in [1.29, 1.82) is 0 Å². The van der Waals surface area contributed by atoms with Gasteiger partial charge in [0, 0.05) is 39.1 Å². The van der Waals surface area contributed by atoms with Crippen molar-refractivity contribution in [3.63, 3.8) is 0 Å². The molecular weight excluding hydrogens is 712 g/mol. The molecule has 0 aromatic carbocycles. The fourth-order valence-electron chi connectivity index (χ4n) is 6.79. The van der Waals surface area contributed by atoms with Crippen LogP contribution in [-0.2, 0) is 38.1 Å². The second kappa shape index (κ2) is 33.2. The Kier molecular flexibility index (Phi) is 32.0. The first-order valence-electron chi connectivity index (χ1n) is 20.9. The number of nitrogens with one attached hydrogen (secondary N) is 2. The van der Waals surface area contributed by atoms with Crippen molar-refractivity contribution in [2.24, 2.45) is 29.4 Å². The lowest BCUT2D eigenvalue weighted by Crippen LogP contribution is -2.53. The van der Waals surface area contributed by atoms with Gasteiger partial charge < -0.3 is 40.2 Å².